The summed E-state index contributed by atoms with van der Waals surface area (Å²) in [4.78, 5) is 23.0. The largest absolute Gasteiger partial charge is 0.478 e. The molecule has 0 aromatic carbocycles. The van der Waals surface area contributed by atoms with E-state index in [2.05, 4.69) is 40.7 Å². The zero-order chi connectivity index (χ0) is 26.6. The molecule has 3 fully saturated rings. The van der Waals surface area contributed by atoms with Crippen LogP contribution < -0.4 is 0 Å². The number of allylic oxidation sites excluding steroid dienone is 4. The van der Waals surface area contributed by atoms with E-state index in [1.165, 1.54) is 25.3 Å². The lowest BCUT2D eigenvalue weighted by Gasteiger charge is -2.63. The third-order valence-electron chi connectivity index (χ3n) is 11.3. The number of carbonyl (C=O) groups excluding carboxylic acids is 1. The van der Waals surface area contributed by atoms with Crippen LogP contribution in [0.1, 0.15) is 99.8 Å². The average molecular weight is 497 g/mol. The van der Waals surface area contributed by atoms with Gasteiger partial charge in [0, 0.05) is 17.9 Å². The Morgan fingerprint density at radius 2 is 1.89 bits per heavy atom. The highest BCUT2D eigenvalue weighted by Gasteiger charge is 2.62. The van der Waals surface area contributed by atoms with E-state index < -0.39 is 5.97 Å². The molecule has 0 saturated heterocycles. The number of carboxylic acids is 1. The fourth-order valence-electron chi connectivity index (χ4n) is 9.39. The lowest BCUT2D eigenvalue weighted by Crippen LogP contribution is -2.57. The molecule has 0 aromatic rings. The summed E-state index contributed by atoms with van der Waals surface area (Å²) in [6.45, 7) is 20.0. The van der Waals surface area contributed by atoms with Gasteiger partial charge in [-0.1, -0.05) is 64.5 Å². The molecule has 0 heterocycles. The fourth-order valence-corrected chi connectivity index (χ4v) is 9.39. The van der Waals surface area contributed by atoms with E-state index in [-0.39, 0.29) is 28.3 Å². The van der Waals surface area contributed by atoms with Gasteiger partial charge in [0.1, 0.15) is 6.10 Å². The molecular formula is C32H48O4. The first-order valence-electron chi connectivity index (χ1n) is 14.2. The van der Waals surface area contributed by atoms with Gasteiger partial charge in [-0.15, -0.1) is 0 Å². The topological polar surface area (TPSA) is 63.6 Å². The predicted molar refractivity (Wildman–Crippen MR) is 144 cm³/mol. The maximum Gasteiger partial charge on any atom is 0.330 e. The molecule has 0 spiro atoms. The Balaban J connectivity index is 1.58. The summed E-state index contributed by atoms with van der Waals surface area (Å²) in [7, 11) is 0. The van der Waals surface area contributed by atoms with Gasteiger partial charge < -0.3 is 9.84 Å². The minimum atomic E-state index is -0.816. The number of hydrogen-bond acceptors (Lipinski definition) is 3. The molecule has 0 amide bonds. The maximum atomic E-state index is 11.8. The van der Waals surface area contributed by atoms with Gasteiger partial charge in [0.2, 0.25) is 0 Å². The number of carboxylic acid groups (broad SMARTS) is 1. The molecule has 0 bridgehead atoms. The van der Waals surface area contributed by atoms with Crippen LogP contribution in [0.4, 0.5) is 0 Å². The van der Waals surface area contributed by atoms with Crippen molar-refractivity contribution in [2.45, 2.75) is 106 Å². The standard InChI is InChI=1S/C32H48O4/c1-19(10-9-11-20(2)29(34)35)23-14-16-32(8)24-12-13-26-30(5,6)27(36-22(4)33)15-17-31(26,7)25(24)18-21(3)28(23)32/h11-12,19,23,25-28H,3,9-10,13-18H2,1-2,4-8H3,(H,34,35)/b20-11+/t19-,23-,25+,26+,27-,28-,31-,32+/m1/s1. The predicted octanol–water partition coefficient (Wildman–Crippen LogP) is 7.75. The first-order valence-corrected chi connectivity index (χ1v) is 14.2. The molecule has 0 unspecified atom stereocenters. The van der Waals surface area contributed by atoms with Gasteiger partial charge in [-0.2, -0.15) is 0 Å². The molecule has 4 nitrogen and oxygen atoms in total. The number of carbonyl (C=O) groups is 2. The van der Waals surface area contributed by atoms with Crippen molar-refractivity contribution in [3.63, 3.8) is 0 Å². The van der Waals surface area contributed by atoms with Gasteiger partial charge in [-0.3, -0.25) is 4.79 Å². The normalized spacial score (nSPS) is 40.4. The maximum absolute atomic E-state index is 11.8. The minimum absolute atomic E-state index is 0.00586. The molecule has 8 atom stereocenters. The van der Waals surface area contributed by atoms with E-state index in [1.54, 1.807) is 12.5 Å². The Morgan fingerprint density at radius 3 is 2.53 bits per heavy atom. The van der Waals surface area contributed by atoms with Crippen LogP contribution in [0.3, 0.4) is 0 Å². The van der Waals surface area contributed by atoms with Crippen molar-refractivity contribution >= 4 is 11.9 Å². The van der Waals surface area contributed by atoms with Crippen molar-refractivity contribution in [1.29, 1.82) is 0 Å². The Kier molecular flexibility index (Phi) is 7.16. The summed E-state index contributed by atoms with van der Waals surface area (Å²) in [5.41, 5.74) is 3.91. The van der Waals surface area contributed by atoms with Gasteiger partial charge in [-0.05, 0) is 98.7 Å². The second kappa shape index (κ2) is 9.48. The van der Waals surface area contributed by atoms with Crippen LogP contribution in [0.5, 0.6) is 0 Å². The first-order chi connectivity index (χ1) is 16.7. The van der Waals surface area contributed by atoms with Crippen molar-refractivity contribution < 1.29 is 19.4 Å². The van der Waals surface area contributed by atoms with Crippen molar-refractivity contribution in [3.05, 3.63) is 35.5 Å². The molecule has 0 aromatic heterocycles. The first kappa shape index (κ1) is 27.2. The summed E-state index contributed by atoms with van der Waals surface area (Å²) in [6.07, 6.45) is 13.0. The zero-order valence-corrected chi connectivity index (χ0v) is 23.7. The van der Waals surface area contributed by atoms with Gasteiger partial charge in [-0.25, -0.2) is 4.79 Å². The summed E-state index contributed by atoms with van der Waals surface area (Å²) in [5.74, 6) is 1.72. The second-order valence-corrected chi connectivity index (χ2v) is 13.7. The molecule has 200 valence electrons. The lowest BCUT2D eigenvalue weighted by molar-refractivity contribution is -0.172. The van der Waals surface area contributed by atoms with Crippen molar-refractivity contribution in [3.8, 4) is 0 Å². The van der Waals surface area contributed by atoms with E-state index in [9.17, 15) is 14.7 Å². The Bertz CT molecular complexity index is 986. The molecule has 3 saturated carbocycles. The highest BCUT2D eigenvalue weighted by molar-refractivity contribution is 5.85. The van der Waals surface area contributed by atoms with Crippen LogP contribution in [0.25, 0.3) is 0 Å². The molecule has 4 aliphatic rings. The number of hydrogen-bond donors (Lipinski definition) is 1. The highest BCUT2D eigenvalue weighted by Crippen LogP contribution is 2.70. The fraction of sp³-hybridized carbons (Fsp3) is 0.750. The molecule has 4 aliphatic carbocycles. The number of fused-ring (bicyclic) bond motifs is 5. The van der Waals surface area contributed by atoms with Crippen molar-refractivity contribution in [1.82, 2.24) is 0 Å². The van der Waals surface area contributed by atoms with Crippen LogP contribution in [-0.4, -0.2) is 23.1 Å². The molecular weight excluding hydrogens is 448 g/mol. The number of rotatable bonds is 6. The highest BCUT2D eigenvalue weighted by atomic mass is 16.5. The third kappa shape index (κ3) is 4.31. The number of ether oxygens (including phenoxy) is 1. The molecule has 0 aliphatic heterocycles. The van der Waals surface area contributed by atoms with Crippen LogP contribution in [0.15, 0.2) is 35.5 Å². The zero-order valence-electron chi connectivity index (χ0n) is 23.7. The Labute approximate surface area is 218 Å². The third-order valence-corrected chi connectivity index (χ3v) is 11.3. The van der Waals surface area contributed by atoms with E-state index in [0.29, 0.717) is 35.2 Å². The second-order valence-electron chi connectivity index (χ2n) is 13.7. The smallest absolute Gasteiger partial charge is 0.330 e. The van der Waals surface area contributed by atoms with Gasteiger partial charge in [0.15, 0.2) is 0 Å². The molecule has 36 heavy (non-hydrogen) atoms. The van der Waals surface area contributed by atoms with E-state index in [4.69, 9.17) is 11.3 Å². The summed E-state index contributed by atoms with van der Waals surface area (Å²) in [6, 6.07) is 0. The number of aliphatic carboxylic acids is 1. The Hall–Kier alpha value is -1.84. The summed E-state index contributed by atoms with van der Waals surface area (Å²) >= 11 is 0. The average Bonchev–Trinajstić information content (AvgIpc) is 3.15. The molecule has 4 rings (SSSR count). The summed E-state index contributed by atoms with van der Waals surface area (Å²) < 4.78 is 5.83. The van der Waals surface area contributed by atoms with Gasteiger partial charge >= 0.3 is 11.9 Å². The van der Waals surface area contributed by atoms with E-state index >= 15 is 0 Å². The lowest BCUT2D eigenvalue weighted by atomic mass is 9.42. The van der Waals surface area contributed by atoms with Crippen LogP contribution >= 0.6 is 0 Å². The van der Waals surface area contributed by atoms with Gasteiger partial charge in [0.05, 0.1) is 0 Å². The molecule has 4 heteroatoms. The monoisotopic (exact) mass is 496 g/mol. The SMILES string of the molecule is C=C1C[C@H]2C(=CC[C@H]3C(C)(C)[C@H](OC(C)=O)CC[C@]23C)[C@]2(C)CC[C@H]([C@H](C)CC/C=C(\C)C(=O)O)[C@@H]12. The van der Waals surface area contributed by atoms with Crippen molar-refractivity contribution in [2.24, 2.45) is 45.8 Å². The Morgan fingerprint density at radius 1 is 1.19 bits per heavy atom. The van der Waals surface area contributed by atoms with Crippen molar-refractivity contribution in [2.75, 3.05) is 0 Å². The minimum Gasteiger partial charge on any atom is -0.478 e. The molecule has 0 radical (unpaired) electrons. The quantitative estimate of drug-likeness (QED) is 0.232. The summed E-state index contributed by atoms with van der Waals surface area (Å²) in [5, 5.41) is 9.17. The number of esters is 1. The van der Waals surface area contributed by atoms with Gasteiger partial charge in [0.25, 0.3) is 0 Å². The van der Waals surface area contributed by atoms with E-state index in [1.807, 2.05) is 6.08 Å². The van der Waals surface area contributed by atoms with E-state index in [0.717, 1.165) is 38.5 Å². The van der Waals surface area contributed by atoms with Crippen LogP contribution in [0, 0.1) is 45.8 Å². The van der Waals surface area contributed by atoms with Crippen LogP contribution in [-0.2, 0) is 14.3 Å². The van der Waals surface area contributed by atoms with Crippen LogP contribution in [0.2, 0.25) is 0 Å². The molecule has 1 N–H and O–H groups in total.